The molecule has 1 atom stereocenters. The second kappa shape index (κ2) is 20.3. The minimum Gasteiger partial charge on any atom is -0.481 e. The first kappa shape index (κ1) is 29.4. The number of unbranched alkanes of at least 4 members (excludes halogenated alkanes) is 9. The molecule has 7 nitrogen and oxygen atoms in total. The predicted octanol–water partition coefficient (Wildman–Crippen LogP) is 5.26. The summed E-state index contributed by atoms with van der Waals surface area (Å²) in [4.78, 5) is 35.3. The quantitative estimate of drug-likeness (QED) is 0.174. The van der Waals surface area contributed by atoms with E-state index in [1.54, 1.807) is 0 Å². The fourth-order valence-electron chi connectivity index (χ4n) is 3.58. The van der Waals surface area contributed by atoms with E-state index in [1.807, 2.05) is 14.1 Å². The number of esters is 1. The summed E-state index contributed by atoms with van der Waals surface area (Å²) in [7, 11) is 3.98. The number of carbonyl (C=O) groups excluding carboxylic acids is 1. The average Bonchev–Trinajstić information content (AvgIpc) is 2.68. The summed E-state index contributed by atoms with van der Waals surface area (Å²) >= 11 is 0. The van der Waals surface area contributed by atoms with E-state index in [0.717, 1.165) is 96.4 Å². The van der Waals surface area contributed by atoms with E-state index in [-0.39, 0.29) is 24.9 Å². The van der Waals surface area contributed by atoms with Crippen LogP contribution < -0.4 is 0 Å². The van der Waals surface area contributed by atoms with Crippen LogP contribution in [0.5, 0.6) is 0 Å². The van der Waals surface area contributed by atoms with Crippen LogP contribution in [0.25, 0.3) is 0 Å². The first-order chi connectivity index (χ1) is 14.8. The molecule has 0 fully saturated rings. The molecule has 0 heterocycles. The lowest BCUT2D eigenvalue weighted by molar-refractivity contribution is -0.150. The van der Waals surface area contributed by atoms with E-state index in [1.165, 1.54) is 0 Å². The van der Waals surface area contributed by atoms with Crippen LogP contribution in [-0.2, 0) is 19.1 Å². The molecule has 0 aromatic heterocycles. The normalized spacial score (nSPS) is 12.1. The van der Waals surface area contributed by atoms with Crippen LogP contribution in [0.15, 0.2) is 0 Å². The van der Waals surface area contributed by atoms with Crippen molar-refractivity contribution in [3.05, 3.63) is 0 Å². The van der Waals surface area contributed by atoms with E-state index in [4.69, 9.17) is 14.9 Å². The van der Waals surface area contributed by atoms with Crippen molar-refractivity contribution in [3.8, 4) is 0 Å². The topological polar surface area (TPSA) is 104 Å². The van der Waals surface area contributed by atoms with Crippen molar-refractivity contribution < 1.29 is 29.3 Å². The maximum atomic E-state index is 12.2. The number of carboxylic acid groups (broad SMARTS) is 2. The second-order valence-electron chi connectivity index (χ2n) is 8.77. The van der Waals surface area contributed by atoms with Crippen molar-refractivity contribution in [1.82, 2.24) is 4.90 Å². The van der Waals surface area contributed by atoms with Crippen LogP contribution in [0.3, 0.4) is 0 Å². The van der Waals surface area contributed by atoms with E-state index < -0.39 is 11.9 Å². The van der Waals surface area contributed by atoms with Gasteiger partial charge in [0.05, 0.1) is 0 Å². The van der Waals surface area contributed by atoms with Gasteiger partial charge in [-0.15, -0.1) is 0 Å². The monoisotopic (exact) mass is 443 g/mol. The summed E-state index contributed by atoms with van der Waals surface area (Å²) < 4.78 is 5.76. The molecule has 0 aliphatic carbocycles. The van der Waals surface area contributed by atoms with Crippen molar-refractivity contribution in [3.63, 3.8) is 0 Å². The molecule has 0 saturated carbocycles. The van der Waals surface area contributed by atoms with E-state index in [9.17, 15) is 14.4 Å². The molecule has 0 bridgehead atoms. The zero-order chi connectivity index (χ0) is 23.3. The predicted molar refractivity (Wildman–Crippen MR) is 122 cm³/mol. The van der Waals surface area contributed by atoms with E-state index >= 15 is 0 Å². The zero-order valence-electron chi connectivity index (χ0n) is 19.8. The molecule has 0 rings (SSSR count). The Labute approximate surface area is 188 Å². The molecule has 0 saturated heterocycles. The van der Waals surface area contributed by atoms with Gasteiger partial charge in [-0.3, -0.25) is 14.4 Å². The Hall–Kier alpha value is -1.63. The molecule has 0 aliphatic heterocycles. The molecular weight excluding hydrogens is 398 g/mol. The number of hydrogen-bond acceptors (Lipinski definition) is 5. The molecule has 0 aliphatic rings. The summed E-state index contributed by atoms with van der Waals surface area (Å²) in [5, 5.41) is 17.3. The number of carbonyl (C=O) groups is 3. The molecule has 7 heteroatoms. The second-order valence-corrected chi connectivity index (χ2v) is 8.77. The lowest BCUT2D eigenvalue weighted by Gasteiger charge is -2.18. The fourth-order valence-corrected chi connectivity index (χ4v) is 3.58. The molecule has 1 unspecified atom stereocenters. The number of nitrogens with zero attached hydrogens (tertiary/aromatic N) is 1. The lowest BCUT2D eigenvalue weighted by Crippen LogP contribution is -2.20. The first-order valence-electron chi connectivity index (χ1n) is 12.1. The van der Waals surface area contributed by atoms with Gasteiger partial charge in [0.1, 0.15) is 6.10 Å². The summed E-state index contributed by atoms with van der Waals surface area (Å²) in [6, 6.07) is 0. The Morgan fingerprint density at radius 1 is 0.645 bits per heavy atom. The van der Waals surface area contributed by atoms with Gasteiger partial charge in [0.15, 0.2) is 0 Å². The van der Waals surface area contributed by atoms with Crippen LogP contribution in [0.2, 0.25) is 0 Å². The summed E-state index contributed by atoms with van der Waals surface area (Å²) in [5.74, 6) is -1.57. The first-order valence-corrected chi connectivity index (χ1v) is 12.1. The summed E-state index contributed by atoms with van der Waals surface area (Å²) in [6.07, 6.45) is 14.1. The van der Waals surface area contributed by atoms with Gasteiger partial charge in [-0.05, 0) is 65.6 Å². The van der Waals surface area contributed by atoms with Crippen molar-refractivity contribution >= 4 is 17.9 Å². The average molecular weight is 444 g/mol. The number of aliphatic carboxylic acids is 2. The van der Waals surface area contributed by atoms with Gasteiger partial charge in [-0.25, -0.2) is 0 Å². The largest absolute Gasteiger partial charge is 0.481 e. The zero-order valence-corrected chi connectivity index (χ0v) is 19.8. The van der Waals surface area contributed by atoms with Gasteiger partial charge in [0.25, 0.3) is 0 Å². The molecule has 0 radical (unpaired) electrons. The molecule has 0 amide bonds. The molecule has 0 spiro atoms. The molecule has 182 valence electrons. The Morgan fingerprint density at radius 2 is 1.06 bits per heavy atom. The highest BCUT2D eigenvalue weighted by Gasteiger charge is 2.14. The number of carboxylic acids is 2. The number of hydrogen-bond donors (Lipinski definition) is 2. The Kier molecular flexibility index (Phi) is 19.2. The summed E-state index contributed by atoms with van der Waals surface area (Å²) in [6.45, 7) is 0.873. The highest BCUT2D eigenvalue weighted by molar-refractivity contribution is 5.69. The van der Waals surface area contributed by atoms with Gasteiger partial charge >= 0.3 is 17.9 Å². The van der Waals surface area contributed by atoms with Gasteiger partial charge < -0.3 is 19.8 Å². The van der Waals surface area contributed by atoms with Crippen LogP contribution in [0.4, 0.5) is 0 Å². The fraction of sp³-hybridized carbons (Fsp3) is 0.875. The van der Waals surface area contributed by atoms with Gasteiger partial charge in [0.2, 0.25) is 0 Å². The molecular formula is C24H45NO6. The number of ether oxygens (including phenoxy) is 1. The lowest BCUT2D eigenvalue weighted by atomic mass is 10.0. The third-order valence-corrected chi connectivity index (χ3v) is 5.37. The maximum absolute atomic E-state index is 12.2. The highest BCUT2D eigenvalue weighted by atomic mass is 16.5. The van der Waals surface area contributed by atoms with E-state index in [2.05, 4.69) is 4.90 Å². The van der Waals surface area contributed by atoms with Gasteiger partial charge in [-0.2, -0.15) is 0 Å². The van der Waals surface area contributed by atoms with Crippen LogP contribution in [-0.4, -0.2) is 59.8 Å². The number of rotatable bonds is 22. The smallest absolute Gasteiger partial charge is 0.306 e. The van der Waals surface area contributed by atoms with E-state index in [0.29, 0.717) is 6.42 Å². The van der Waals surface area contributed by atoms with Crippen molar-refractivity contribution in [2.75, 3.05) is 20.6 Å². The van der Waals surface area contributed by atoms with Gasteiger partial charge in [0, 0.05) is 19.3 Å². The Bertz CT molecular complexity index is 481. The molecule has 2 N–H and O–H groups in total. The van der Waals surface area contributed by atoms with Crippen LogP contribution in [0, 0.1) is 0 Å². The third kappa shape index (κ3) is 22.9. The minimum absolute atomic E-state index is 0.0297. The maximum Gasteiger partial charge on any atom is 0.306 e. The highest BCUT2D eigenvalue weighted by Crippen LogP contribution is 2.18. The van der Waals surface area contributed by atoms with Crippen LogP contribution in [0.1, 0.15) is 109 Å². The molecule has 0 aromatic rings. The van der Waals surface area contributed by atoms with Crippen molar-refractivity contribution in [1.29, 1.82) is 0 Å². The van der Waals surface area contributed by atoms with Crippen molar-refractivity contribution in [2.45, 2.75) is 115 Å². The Morgan fingerprint density at radius 3 is 1.48 bits per heavy atom. The third-order valence-electron chi connectivity index (χ3n) is 5.37. The molecule has 31 heavy (non-hydrogen) atoms. The SMILES string of the molecule is CN(C)CCCC(=O)OC(CCCCCCCCC(=O)O)CCCCCCCC(=O)O. The standard InChI is InChI=1S/C24H45NO6/c1-25(2)20-14-19-24(30)31-21(16-11-7-5-9-13-18-23(28)29)15-10-6-3-4-8-12-17-22(26)27/h21H,3-20H2,1-2H3,(H,26,27)(H,28,29). The van der Waals surface area contributed by atoms with Crippen LogP contribution >= 0.6 is 0 Å². The summed E-state index contributed by atoms with van der Waals surface area (Å²) in [5.41, 5.74) is 0. The minimum atomic E-state index is -0.733. The Balaban J connectivity index is 4.08. The van der Waals surface area contributed by atoms with Crippen molar-refractivity contribution in [2.24, 2.45) is 0 Å². The van der Waals surface area contributed by atoms with Gasteiger partial charge in [-0.1, -0.05) is 44.9 Å². The molecule has 0 aromatic carbocycles.